The minimum Gasteiger partial charge on any atom is -0.508 e. The zero-order chi connectivity index (χ0) is 8.55. The number of hydrogen-bond donors (Lipinski definition) is 1. The van der Waals surface area contributed by atoms with Crippen molar-refractivity contribution in [1.29, 1.82) is 0 Å². The van der Waals surface area contributed by atoms with Crippen molar-refractivity contribution in [3.63, 3.8) is 0 Å². The van der Waals surface area contributed by atoms with Crippen LogP contribution >= 0.6 is 0 Å². The van der Waals surface area contributed by atoms with Crippen LogP contribution in [0.5, 0.6) is 5.75 Å². The van der Waals surface area contributed by atoms with Gasteiger partial charge in [0.1, 0.15) is 11.5 Å². The molecule has 0 aliphatic heterocycles. The van der Waals surface area contributed by atoms with Gasteiger partial charge in [0.15, 0.2) is 0 Å². The number of Topliss-reactive ketones (excluding diaryl/α,β-unsaturated/α-hetero) is 1. The fourth-order valence-electron chi connectivity index (χ4n) is 1.50. The molecule has 0 atom stereocenters. The summed E-state index contributed by atoms with van der Waals surface area (Å²) >= 11 is 0. The van der Waals surface area contributed by atoms with E-state index in [0.717, 1.165) is 5.56 Å². The summed E-state index contributed by atoms with van der Waals surface area (Å²) in [6.07, 6.45) is 1.28. The van der Waals surface area contributed by atoms with Gasteiger partial charge in [-0.3, -0.25) is 4.79 Å². The van der Waals surface area contributed by atoms with Gasteiger partial charge in [-0.2, -0.15) is 0 Å². The Balaban J connectivity index is 2.18. The van der Waals surface area contributed by atoms with Crippen molar-refractivity contribution in [2.75, 3.05) is 0 Å². The van der Waals surface area contributed by atoms with Crippen LogP contribution in [0.4, 0.5) is 0 Å². The van der Waals surface area contributed by atoms with Crippen molar-refractivity contribution in [1.82, 2.24) is 0 Å². The number of aromatic hydroxyl groups is 1. The Morgan fingerprint density at radius 3 is 2.67 bits per heavy atom. The molecule has 0 spiro atoms. The number of ketones is 1. The SMILES string of the molecule is O=C1CC(c2cccc(O)c2)C1. The average molecular weight is 162 g/mol. The fourth-order valence-corrected chi connectivity index (χ4v) is 1.50. The molecule has 2 heteroatoms. The molecule has 2 nitrogen and oxygen atoms in total. The van der Waals surface area contributed by atoms with Gasteiger partial charge in [-0.1, -0.05) is 12.1 Å². The number of rotatable bonds is 1. The molecule has 1 aliphatic carbocycles. The lowest BCUT2D eigenvalue weighted by Gasteiger charge is -2.24. The molecule has 62 valence electrons. The number of hydrogen-bond acceptors (Lipinski definition) is 2. The minimum atomic E-state index is 0.284. The van der Waals surface area contributed by atoms with Crippen LogP contribution in [0.3, 0.4) is 0 Å². The molecule has 1 aromatic rings. The Morgan fingerprint density at radius 1 is 1.33 bits per heavy atom. The van der Waals surface area contributed by atoms with E-state index in [1.165, 1.54) is 0 Å². The van der Waals surface area contributed by atoms with Crippen molar-refractivity contribution in [2.24, 2.45) is 0 Å². The first-order chi connectivity index (χ1) is 5.75. The molecular weight excluding hydrogens is 152 g/mol. The second-order valence-electron chi connectivity index (χ2n) is 3.24. The molecular formula is C10H10O2. The highest BCUT2D eigenvalue weighted by atomic mass is 16.3. The van der Waals surface area contributed by atoms with Gasteiger partial charge in [0.05, 0.1) is 0 Å². The Labute approximate surface area is 70.8 Å². The van der Waals surface area contributed by atoms with Crippen LogP contribution < -0.4 is 0 Å². The normalized spacial score (nSPS) is 17.5. The maximum Gasteiger partial charge on any atom is 0.134 e. The van der Waals surface area contributed by atoms with E-state index in [-0.39, 0.29) is 5.75 Å². The quantitative estimate of drug-likeness (QED) is 0.684. The summed E-state index contributed by atoms with van der Waals surface area (Å²) in [6.45, 7) is 0. The van der Waals surface area contributed by atoms with Gasteiger partial charge in [0.25, 0.3) is 0 Å². The molecule has 0 amide bonds. The van der Waals surface area contributed by atoms with E-state index in [1.807, 2.05) is 12.1 Å². The number of phenols is 1. The van der Waals surface area contributed by atoms with Crippen molar-refractivity contribution in [2.45, 2.75) is 18.8 Å². The Bertz CT molecular complexity index is 309. The first-order valence-corrected chi connectivity index (χ1v) is 4.06. The zero-order valence-electron chi connectivity index (χ0n) is 6.66. The van der Waals surface area contributed by atoms with E-state index in [4.69, 9.17) is 5.11 Å². The summed E-state index contributed by atoms with van der Waals surface area (Å²) in [5.74, 6) is 0.958. The summed E-state index contributed by atoms with van der Waals surface area (Å²) < 4.78 is 0. The molecule has 0 unspecified atom stereocenters. The highest BCUT2D eigenvalue weighted by molar-refractivity contribution is 5.86. The smallest absolute Gasteiger partial charge is 0.134 e. The number of carbonyl (C=O) groups is 1. The molecule has 1 N–H and O–H groups in total. The van der Waals surface area contributed by atoms with E-state index in [2.05, 4.69) is 0 Å². The first-order valence-electron chi connectivity index (χ1n) is 4.06. The molecule has 1 saturated carbocycles. The fraction of sp³-hybridized carbons (Fsp3) is 0.300. The summed E-state index contributed by atoms with van der Waals surface area (Å²) in [4.78, 5) is 10.7. The largest absolute Gasteiger partial charge is 0.508 e. The van der Waals surface area contributed by atoms with Crippen molar-refractivity contribution < 1.29 is 9.90 Å². The van der Waals surface area contributed by atoms with Gasteiger partial charge in [-0.25, -0.2) is 0 Å². The molecule has 0 bridgehead atoms. The van der Waals surface area contributed by atoms with Gasteiger partial charge < -0.3 is 5.11 Å². The van der Waals surface area contributed by atoms with Crippen molar-refractivity contribution in [3.05, 3.63) is 29.8 Å². The van der Waals surface area contributed by atoms with Gasteiger partial charge in [-0.05, 0) is 23.6 Å². The highest BCUT2D eigenvalue weighted by Crippen LogP contribution is 2.34. The molecule has 0 saturated heterocycles. The summed E-state index contributed by atoms with van der Waals surface area (Å²) in [7, 11) is 0. The molecule has 0 heterocycles. The molecule has 0 aromatic heterocycles. The van der Waals surface area contributed by atoms with Crippen LogP contribution in [0.15, 0.2) is 24.3 Å². The minimum absolute atomic E-state index is 0.284. The van der Waals surface area contributed by atoms with E-state index >= 15 is 0 Å². The topological polar surface area (TPSA) is 37.3 Å². The lowest BCUT2D eigenvalue weighted by molar-refractivity contribution is -0.124. The maximum absolute atomic E-state index is 10.7. The third-order valence-electron chi connectivity index (χ3n) is 2.29. The van der Waals surface area contributed by atoms with E-state index < -0.39 is 0 Å². The molecule has 12 heavy (non-hydrogen) atoms. The van der Waals surface area contributed by atoms with Crippen LogP contribution in [0, 0.1) is 0 Å². The van der Waals surface area contributed by atoms with Crippen LogP contribution in [-0.4, -0.2) is 10.9 Å². The number of benzene rings is 1. The lowest BCUT2D eigenvalue weighted by atomic mass is 9.79. The average Bonchev–Trinajstić information content (AvgIpc) is 1.99. The van der Waals surface area contributed by atoms with Crippen LogP contribution in [0.1, 0.15) is 24.3 Å². The third-order valence-corrected chi connectivity index (χ3v) is 2.29. The zero-order valence-corrected chi connectivity index (χ0v) is 6.66. The van der Waals surface area contributed by atoms with E-state index in [9.17, 15) is 4.79 Å². The predicted octanol–water partition coefficient (Wildman–Crippen LogP) is 1.84. The van der Waals surface area contributed by atoms with E-state index in [1.54, 1.807) is 12.1 Å². The van der Waals surface area contributed by atoms with Crippen molar-refractivity contribution in [3.8, 4) is 5.75 Å². The van der Waals surface area contributed by atoms with Gasteiger partial charge in [0, 0.05) is 12.8 Å². The predicted molar refractivity (Wildman–Crippen MR) is 45.1 cm³/mol. The monoisotopic (exact) mass is 162 g/mol. The molecule has 2 rings (SSSR count). The number of phenolic OH excluding ortho intramolecular Hbond substituents is 1. The standard InChI is InChI=1S/C10H10O2/c11-9-3-1-2-7(4-9)8-5-10(12)6-8/h1-4,8,11H,5-6H2. The maximum atomic E-state index is 10.7. The molecule has 1 aromatic carbocycles. The molecule has 1 aliphatic rings. The third kappa shape index (κ3) is 1.20. The van der Waals surface area contributed by atoms with E-state index in [0.29, 0.717) is 24.5 Å². The van der Waals surface area contributed by atoms with Crippen LogP contribution in [0.2, 0.25) is 0 Å². The Kier molecular flexibility index (Phi) is 1.61. The highest BCUT2D eigenvalue weighted by Gasteiger charge is 2.27. The summed E-state index contributed by atoms with van der Waals surface area (Å²) in [5.41, 5.74) is 1.08. The van der Waals surface area contributed by atoms with Gasteiger partial charge in [-0.15, -0.1) is 0 Å². The van der Waals surface area contributed by atoms with Crippen molar-refractivity contribution >= 4 is 5.78 Å². The Hall–Kier alpha value is -1.31. The summed E-state index contributed by atoms with van der Waals surface area (Å²) in [6, 6.07) is 7.14. The van der Waals surface area contributed by atoms with Gasteiger partial charge in [0.2, 0.25) is 0 Å². The van der Waals surface area contributed by atoms with Crippen LogP contribution in [0.25, 0.3) is 0 Å². The van der Waals surface area contributed by atoms with Gasteiger partial charge >= 0.3 is 0 Å². The first kappa shape index (κ1) is 7.35. The second-order valence-corrected chi connectivity index (χ2v) is 3.24. The second kappa shape index (κ2) is 2.63. The molecule has 0 radical (unpaired) electrons. The van der Waals surface area contributed by atoms with Crippen LogP contribution in [-0.2, 0) is 4.79 Å². The number of carbonyl (C=O) groups excluding carboxylic acids is 1. The summed E-state index contributed by atoms with van der Waals surface area (Å²) in [5, 5.41) is 9.16. The molecule has 1 fully saturated rings. The lowest BCUT2D eigenvalue weighted by Crippen LogP contribution is -2.20. The Morgan fingerprint density at radius 2 is 2.08 bits per heavy atom.